The molecule has 0 aliphatic carbocycles. The third kappa shape index (κ3) is 4.75. The SMILES string of the molecule is NC(=O)C1CCCN(Cc2ccc(NC(=O)c3cc(-c4ccccc4)no3)cc2)C1. The van der Waals surface area contributed by atoms with E-state index in [0.29, 0.717) is 17.9 Å². The van der Waals surface area contributed by atoms with E-state index in [9.17, 15) is 9.59 Å². The highest BCUT2D eigenvalue weighted by atomic mass is 16.5. The summed E-state index contributed by atoms with van der Waals surface area (Å²) in [5.41, 5.74) is 8.75. The van der Waals surface area contributed by atoms with E-state index in [1.807, 2.05) is 54.6 Å². The number of piperidine rings is 1. The topological polar surface area (TPSA) is 101 Å². The van der Waals surface area contributed by atoms with Gasteiger partial charge >= 0.3 is 0 Å². The van der Waals surface area contributed by atoms with Crippen molar-refractivity contribution < 1.29 is 14.1 Å². The lowest BCUT2D eigenvalue weighted by Gasteiger charge is -2.31. The third-order valence-electron chi connectivity index (χ3n) is 5.33. The second-order valence-electron chi connectivity index (χ2n) is 7.57. The van der Waals surface area contributed by atoms with Gasteiger partial charge in [-0.15, -0.1) is 0 Å². The molecule has 154 valence electrons. The number of rotatable bonds is 6. The van der Waals surface area contributed by atoms with E-state index in [1.165, 1.54) is 0 Å². The summed E-state index contributed by atoms with van der Waals surface area (Å²) in [7, 11) is 0. The van der Waals surface area contributed by atoms with Crippen LogP contribution in [0.15, 0.2) is 65.2 Å². The summed E-state index contributed by atoms with van der Waals surface area (Å²) in [6.07, 6.45) is 1.84. The zero-order valence-corrected chi connectivity index (χ0v) is 16.6. The highest BCUT2D eigenvalue weighted by Gasteiger charge is 2.23. The second kappa shape index (κ2) is 8.92. The van der Waals surface area contributed by atoms with Crippen LogP contribution in [-0.4, -0.2) is 35.0 Å². The number of nitrogens with two attached hydrogens (primary N) is 1. The Kier molecular flexibility index (Phi) is 5.90. The van der Waals surface area contributed by atoms with Crippen LogP contribution in [-0.2, 0) is 11.3 Å². The highest BCUT2D eigenvalue weighted by Crippen LogP contribution is 2.21. The molecule has 3 N–H and O–H groups in total. The predicted molar refractivity (Wildman–Crippen MR) is 114 cm³/mol. The van der Waals surface area contributed by atoms with Crippen LogP contribution in [0.5, 0.6) is 0 Å². The zero-order valence-electron chi connectivity index (χ0n) is 16.6. The molecule has 1 saturated heterocycles. The number of nitrogens with one attached hydrogen (secondary N) is 1. The molecular formula is C23H24N4O3. The van der Waals surface area contributed by atoms with Gasteiger partial charge in [0, 0.05) is 30.4 Å². The minimum atomic E-state index is -0.349. The summed E-state index contributed by atoms with van der Waals surface area (Å²) in [6.45, 7) is 2.40. The van der Waals surface area contributed by atoms with E-state index in [0.717, 1.165) is 37.1 Å². The minimum Gasteiger partial charge on any atom is -0.369 e. The highest BCUT2D eigenvalue weighted by molar-refractivity contribution is 6.02. The predicted octanol–water partition coefficient (Wildman–Crippen LogP) is 3.29. The number of benzene rings is 2. The molecule has 1 atom stereocenters. The summed E-state index contributed by atoms with van der Waals surface area (Å²) in [4.78, 5) is 26.1. The Labute approximate surface area is 174 Å². The molecule has 2 heterocycles. The number of hydrogen-bond acceptors (Lipinski definition) is 5. The van der Waals surface area contributed by atoms with E-state index >= 15 is 0 Å². The standard InChI is InChI=1S/C23H24N4O3/c24-22(28)18-7-4-12-27(15-18)14-16-8-10-19(11-9-16)25-23(29)21-13-20(26-30-21)17-5-2-1-3-6-17/h1-3,5-6,8-11,13,18H,4,7,12,14-15H2,(H2,24,28)(H,25,29). The maximum Gasteiger partial charge on any atom is 0.294 e. The monoisotopic (exact) mass is 404 g/mol. The smallest absolute Gasteiger partial charge is 0.294 e. The molecule has 7 heteroatoms. The lowest BCUT2D eigenvalue weighted by atomic mass is 9.97. The maximum absolute atomic E-state index is 12.5. The first kappa shape index (κ1) is 19.8. The van der Waals surface area contributed by atoms with Crippen molar-refractivity contribution in [1.29, 1.82) is 0 Å². The van der Waals surface area contributed by atoms with Gasteiger partial charge in [0.05, 0.1) is 5.92 Å². The molecule has 4 rings (SSSR count). The molecule has 3 aromatic rings. The molecule has 0 saturated carbocycles. The van der Waals surface area contributed by atoms with E-state index in [2.05, 4.69) is 15.4 Å². The normalized spacial score (nSPS) is 16.9. The Morgan fingerprint density at radius 1 is 1.13 bits per heavy atom. The van der Waals surface area contributed by atoms with Gasteiger partial charge in [-0.2, -0.15) is 0 Å². The lowest BCUT2D eigenvalue weighted by Crippen LogP contribution is -2.40. The van der Waals surface area contributed by atoms with Crippen LogP contribution in [0.25, 0.3) is 11.3 Å². The Morgan fingerprint density at radius 3 is 2.63 bits per heavy atom. The van der Waals surface area contributed by atoms with Crippen molar-refractivity contribution in [3.63, 3.8) is 0 Å². The number of amides is 2. The molecule has 1 fully saturated rings. The molecule has 1 aromatic heterocycles. The first-order valence-electron chi connectivity index (χ1n) is 10.0. The van der Waals surface area contributed by atoms with Crippen LogP contribution in [0.4, 0.5) is 5.69 Å². The average Bonchev–Trinajstić information content (AvgIpc) is 3.26. The van der Waals surface area contributed by atoms with Crippen LogP contribution in [0.3, 0.4) is 0 Å². The summed E-state index contributed by atoms with van der Waals surface area (Å²) >= 11 is 0. The van der Waals surface area contributed by atoms with Gasteiger partial charge in [0.2, 0.25) is 11.7 Å². The number of carbonyl (C=O) groups is 2. The number of nitrogens with zero attached hydrogens (tertiary/aromatic N) is 2. The molecule has 0 spiro atoms. The Balaban J connectivity index is 1.35. The number of hydrogen-bond donors (Lipinski definition) is 2. The molecule has 7 nitrogen and oxygen atoms in total. The minimum absolute atomic E-state index is 0.0695. The molecule has 2 aromatic carbocycles. The van der Waals surface area contributed by atoms with Crippen molar-refractivity contribution in [1.82, 2.24) is 10.1 Å². The van der Waals surface area contributed by atoms with Gasteiger partial charge in [-0.05, 0) is 37.1 Å². The zero-order chi connectivity index (χ0) is 20.9. The summed E-state index contributed by atoms with van der Waals surface area (Å²) < 4.78 is 5.20. The van der Waals surface area contributed by atoms with Gasteiger partial charge in [-0.1, -0.05) is 47.6 Å². The maximum atomic E-state index is 12.5. The number of aromatic nitrogens is 1. The Hall–Kier alpha value is -3.45. The molecular weight excluding hydrogens is 380 g/mol. The first-order valence-corrected chi connectivity index (χ1v) is 10.0. The van der Waals surface area contributed by atoms with Crippen molar-refractivity contribution in [2.75, 3.05) is 18.4 Å². The second-order valence-corrected chi connectivity index (χ2v) is 7.57. The fourth-order valence-corrected chi connectivity index (χ4v) is 3.70. The number of carbonyl (C=O) groups excluding carboxylic acids is 2. The quantitative estimate of drug-likeness (QED) is 0.656. The van der Waals surface area contributed by atoms with Gasteiger partial charge in [0.25, 0.3) is 5.91 Å². The Bertz CT molecular complexity index is 1010. The Morgan fingerprint density at radius 2 is 1.90 bits per heavy atom. The summed E-state index contributed by atoms with van der Waals surface area (Å²) in [6, 6.07) is 18.8. The average molecular weight is 404 g/mol. The molecule has 1 aliphatic rings. The van der Waals surface area contributed by atoms with Crippen molar-refractivity contribution in [3.05, 3.63) is 72.0 Å². The molecule has 0 radical (unpaired) electrons. The summed E-state index contributed by atoms with van der Waals surface area (Å²) in [5.74, 6) is -0.484. The van der Waals surface area contributed by atoms with Crippen LogP contribution in [0, 0.1) is 5.92 Å². The molecule has 2 amide bonds. The molecule has 30 heavy (non-hydrogen) atoms. The van der Waals surface area contributed by atoms with E-state index in [-0.39, 0.29) is 23.5 Å². The third-order valence-corrected chi connectivity index (χ3v) is 5.33. The van der Waals surface area contributed by atoms with E-state index in [4.69, 9.17) is 10.3 Å². The fraction of sp³-hybridized carbons (Fsp3) is 0.261. The summed E-state index contributed by atoms with van der Waals surface area (Å²) in [5, 5.41) is 6.80. The van der Waals surface area contributed by atoms with Gasteiger partial charge in [-0.25, -0.2) is 0 Å². The van der Waals surface area contributed by atoms with Crippen molar-refractivity contribution in [3.8, 4) is 11.3 Å². The largest absolute Gasteiger partial charge is 0.369 e. The van der Waals surface area contributed by atoms with Crippen LogP contribution in [0.1, 0.15) is 29.0 Å². The van der Waals surface area contributed by atoms with Gasteiger partial charge in [0.1, 0.15) is 5.69 Å². The van der Waals surface area contributed by atoms with Gasteiger partial charge in [-0.3, -0.25) is 14.5 Å². The first-order chi connectivity index (χ1) is 14.6. The van der Waals surface area contributed by atoms with E-state index in [1.54, 1.807) is 6.07 Å². The van der Waals surface area contributed by atoms with Gasteiger partial charge in [0.15, 0.2) is 0 Å². The number of primary amides is 1. The van der Waals surface area contributed by atoms with Crippen molar-refractivity contribution in [2.24, 2.45) is 11.7 Å². The lowest BCUT2D eigenvalue weighted by molar-refractivity contribution is -0.123. The van der Waals surface area contributed by atoms with Crippen molar-refractivity contribution in [2.45, 2.75) is 19.4 Å². The molecule has 0 bridgehead atoms. The van der Waals surface area contributed by atoms with E-state index < -0.39 is 0 Å². The fourth-order valence-electron chi connectivity index (χ4n) is 3.70. The number of anilines is 1. The molecule has 1 unspecified atom stereocenters. The number of likely N-dealkylation sites (tertiary alicyclic amines) is 1. The van der Waals surface area contributed by atoms with Crippen LogP contribution in [0.2, 0.25) is 0 Å². The van der Waals surface area contributed by atoms with Gasteiger partial charge < -0.3 is 15.6 Å². The van der Waals surface area contributed by atoms with Crippen LogP contribution < -0.4 is 11.1 Å². The van der Waals surface area contributed by atoms with Crippen molar-refractivity contribution >= 4 is 17.5 Å². The molecule has 1 aliphatic heterocycles. The van der Waals surface area contributed by atoms with Crippen LogP contribution >= 0.6 is 0 Å².